The highest BCUT2D eigenvalue weighted by Crippen LogP contribution is 2.19. The zero-order valence-electron chi connectivity index (χ0n) is 12.5. The number of hydrogen-bond donors (Lipinski definition) is 1. The van der Waals surface area contributed by atoms with Gasteiger partial charge in [0, 0.05) is 44.6 Å². The quantitative estimate of drug-likeness (QED) is 0.907. The van der Waals surface area contributed by atoms with Gasteiger partial charge in [0.15, 0.2) is 5.65 Å². The number of carbonyl (C=O) groups is 1. The molecular weight excluding hydrogens is 280 g/mol. The standard InChI is InChI=1S/C15H20N6O/c22-15-17-4-7-21(15)12-2-1-5-19(10-12)11-13-8-18-14-9-16-3-6-20(13)14/h3,6,8-9,12H,1-2,4-5,7,10-11H2,(H,17,22). The summed E-state index contributed by atoms with van der Waals surface area (Å²) in [5.74, 6) is 0. The minimum Gasteiger partial charge on any atom is -0.336 e. The van der Waals surface area contributed by atoms with Crippen LogP contribution >= 0.6 is 0 Å². The van der Waals surface area contributed by atoms with Crippen molar-refractivity contribution in [2.75, 3.05) is 26.2 Å². The second-order valence-corrected chi connectivity index (χ2v) is 6.01. The van der Waals surface area contributed by atoms with Gasteiger partial charge in [-0.15, -0.1) is 0 Å². The number of aromatic nitrogens is 3. The van der Waals surface area contributed by atoms with Crippen LogP contribution in [0, 0.1) is 0 Å². The Morgan fingerprint density at radius 2 is 2.27 bits per heavy atom. The van der Waals surface area contributed by atoms with Gasteiger partial charge in [-0.1, -0.05) is 0 Å². The molecule has 4 heterocycles. The topological polar surface area (TPSA) is 65.8 Å². The van der Waals surface area contributed by atoms with Gasteiger partial charge < -0.3 is 10.2 Å². The first-order chi connectivity index (χ1) is 10.8. The number of likely N-dealkylation sites (tertiary alicyclic amines) is 1. The zero-order valence-corrected chi connectivity index (χ0v) is 12.5. The van der Waals surface area contributed by atoms with E-state index in [0.717, 1.165) is 51.2 Å². The number of amides is 2. The van der Waals surface area contributed by atoms with Crippen LogP contribution in [0.1, 0.15) is 18.5 Å². The maximum atomic E-state index is 11.8. The lowest BCUT2D eigenvalue weighted by atomic mass is 10.0. The molecule has 1 unspecified atom stereocenters. The monoisotopic (exact) mass is 300 g/mol. The number of rotatable bonds is 3. The van der Waals surface area contributed by atoms with Gasteiger partial charge in [-0.2, -0.15) is 0 Å². The maximum Gasteiger partial charge on any atom is 0.317 e. The molecule has 1 N–H and O–H groups in total. The molecule has 7 heteroatoms. The summed E-state index contributed by atoms with van der Waals surface area (Å²) in [5.41, 5.74) is 2.05. The molecule has 22 heavy (non-hydrogen) atoms. The van der Waals surface area contributed by atoms with Gasteiger partial charge in [0.25, 0.3) is 0 Å². The summed E-state index contributed by atoms with van der Waals surface area (Å²) in [6.45, 7) is 4.47. The number of hydrogen-bond acceptors (Lipinski definition) is 4. The number of fused-ring (bicyclic) bond motifs is 1. The van der Waals surface area contributed by atoms with Gasteiger partial charge >= 0.3 is 6.03 Å². The van der Waals surface area contributed by atoms with Crippen LogP contribution in [-0.2, 0) is 6.54 Å². The maximum absolute atomic E-state index is 11.8. The summed E-state index contributed by atoms with van der Waals surface area (Å²) in [6, 6.07) is 0.421. The van der Waals surface area contributed by atoms with E-state index in [1.165, 1.54) is 5.69 Å². The Kier molecular flexibility index (Phi) is 3.42. The lowest BCUT2D eigenvalue weighted by Gasteiger charge is -2.36. The van der Waals surface area contributed by atoms with Gasteiger partial charge in [-0.3, -0.25) is 14.3 Å². The summed E-state index contributed by atoms with van der Waals surface area (Å²) in [5, 5.41) is 2.90. The second kappa shape index (κ2) is 5.57. The smallest absolute Gasteiger partial charge is 0.317 e. The Morgan fingerprint density at radius 1 is 1.32 bits per heavy atom. The SMILES string of the molecule is O=C1NCCN1C1CCCN(Cc2cnc3cnccn23)C1. The molecule has 0 saturated carbocycles. The van der Waals surface area contributed by atoms with Crippen LogP contribution in [0.15, 0.2) is 24.8 Å². The van der Waals surface area contributed by atoms with Gasteiger partial charge in [0.2, 0.25) is 0 Å². The molecule has 1 atom stereocenters. The Morgan fingerprint density at radius 3 is 3.14 bits per heavy atom. The average molecular weight is 300 g/mol. The van der Waals surface area contributed by atoms with E-state index in [1.54, 1.807) is 12.4 Å². The molecule has 2 aliphatic rings. The summed E-state index contributed by atoms with van der Waals surface area (Å²) >= 11 is 0. The molecule has 0 aromatic carbocycles. The first-order valence-electron chi connectivity index (χ1n) is 7.84. The minimum atomic E-state index is 0.0905. The third kappa shape index (κ3) is 2.41. The van der Waals surface area contributed by atoms with E-state index in [2.05, 4.69) is 24.6 Å². The first kappa shape index (κ1) is 13.5. The predicted octanol–water partition coefficient (Wildman–Crippen LogP) is 0.719. The normalized spacial score (nSPS) is 23.2. The summed E-state index contributed by atoms with van der Waals surface area (Å²) < 4.78 is 2.08. The van der Waals surface area contributed by atoms with Crippen molar-refractivity contribution in [2.24, 2.45) is 0 Å². The van der Waals surface area contributed by atoms with E-state index in [-0.39, 0.29) is 6.03 Å². The lowest BCUT2D eigenvalue weighted by molar-refractivity contribution is 0.121. The third-order valence-electron chi connectivity index (χ3n) is 4.59. The van der Waals surface area contributed by atoms with Crippen LogP contribution < -0.4 is 5.32 Å². The number of carbonyl (C=O) groups excluding carboxylic acids is 1. The number of imidazole rings is 1. The van der Waals surface area contributed by atoms with Crippen LogP contribution in [0.3, 0.4) is 0 Å². The average Bonchev–Trinajstić information content (AvgIpc) is 3.15. The number of nitrogens with one attached hydrogen (secondary N) is 1. The fourth-order valence-electron chi connectivity index (χ4n) is 3.50. The van der Waals surface area contributed by atoms with E-state index in [9.17, 15) is 4.79 Å². The lowest BCUT2D eigenvalue weighted by Crippen LogP contribution is -2.48. The van der Waals surface area contributed by atoms with E-state index in [1.807, 2.05) is 17.3 Å². The fraction of sp³-hybridized carbons (Fsp3) is 0.533. The van der Waals surface area contributed by atoms with Crippen molar-refractivity contribution in [1.82, 2.24) is 29.5 Å². The molecule has 2 aromatic heterocycles. The van der Waals surface area contributed by atoms with Crippen LogP contribution in [0.5, 0.6) is 0 Å². The zero-order chi connectivity index (χ0) is 14.9. The predicted molar refractivity (Wildman–Crippen MR) is 81.4 cm³/mol. The highest BCUT2D eigenvalue weighted by molar-refractivity contribution is 5.76. The number of nitrogens with zero attached hydrogens (tertiary/aromatic N) is 5. The summed E-state index contributed by atoms with van der Waals surface area (Å²) in [4.78, 5) is 24.7. The molecule has 0 spiro atoms. The van der Waals surface area contributed by atoms with E-state index >= 15 is 0 Å². The number of urea groups is 1. The molecule has 2 saturated heterocycles. The highest BCUT2D eigenvalue weighted by Gasteiger charge is 2.31. The summed E-state index contributed by atoms with van der Waals surface area (Å²) in [6.07, 6.45) is 9.66. The molecule has 0 radical (unpaired) electrons. The van der Waals surface area contributed by atoms with Gasteiger partial charge in [-0.05, 0) is 19.4 Å². The highest BCUT2D eigenvalue weighted by atomic mass is 16.2. The molecule has 2 amide bonds. The van der Waals surface area contributed by atoms with Crippen LogP contribution in [-0.4, -0.2) is 62.4 Å². The van der Waals surface area contributed by atoms with Crippen molar-refractivity contribution >= 4 is 11.7 Å². The van der Waals surface area contributed by atoms with Crippen molar-refractivity contribution < 1.29 is 4.79 Å². The van der Waals surface area contributed by atoms with Crippen molar-refractivity contribution in [3.05, 3.63) is 30.5 Å². The fourth-order valence-corrected chi connectivity index (χ4v) is 3.50. The number of piperidine rings is 1. The Hall–Kier alpha value is -2.15. The van der Waals surface area contributed by atoms with Gasteiger partial charge in [0.1, 0.15) is 0 Å². The van der Waals surface area contributed by atoms with Gasteiger partial charge in [0.05, 0.1) is 18.1 Å². The molecule has 116 valence electrons. The Labute approximate surface area is 128 Å². The minimum absolute atomic E-state index is 0.0905. The largest absolute Gasteiger partial charge is 0.336 e. The van der Waals surface area contributed by atoms with Crippen LogP contribution in [0.25, 0.3) is 5.65 Å². The molecule has 2 aromatic rings. The van der Waals surface area contributed by atoms with Gasteiger partial charge in [-0.25, -0.2) is 9.78 Å². The molecule has 0 bridgehead atoms. The van der Waals surface area contributed by atoms with Crippen molar-refractivity contribution in [2.45, 2.75) is 25.4 Å². The Balaban J connectivity index is 1.47. The second-order valence-electron chi connectivity index (χ2n) is 6.01. The first-order valence-corrected chi connectivity index (χ1v) is 7.84. The van der Waals surface area contributed by atoms with E-state index < -0.39 is 0 Å². The molecule has 2 aliphatic heterocycles. The third-order valence-corrected chi connectivity index (χ3v) is 4.59. The molecule has 7 nitrogen and oxygen atoms in total. The van der Waals surface area contributed by atoms with E-state index in [0.29, 0.717) is 6.04 Å². The van der Waals surface area contributed by atoms with Crippen molar-refractivity contribution in [1.29, 1.82) is 0 Å². The van der Waals surface area contributed by atoms with Crippen LogP contribution in [0.2, 0.25) is 0 Å². The summed E-state index contributed by atoms with van der Waals surface area (Å²) in [7, 11) is 0. The van der Waals surface area contributed by atoms with Crippen molar-refractivity contribution in [3.63, 3.8) is 0 Å². The Bertz CT molecular complexity index is 683. The molecule has 4 rings (SSSR count). The molecule has 2 fully saturated rings. The van der Waals surface area contributed by atoms with E-state index in [4.69, 9.17) is 0 Å². The molecule has 0 aliphatic carbocycles. The van der Waals surface area contributed by atoms with Crippen LogP contribution in [0.4, 0.5) is 4.79 Å². The van der Waals surface area contributed by atoms with Crippen molar-refractivity contribution in [3.8, 4) is 0 Å². The molecular formula is C15H20N6O.